The summed E-state index contributed by atoms with van der Waals surface area (Å²) in [6.45, 7) is 0.317. The number of hydrogen-bond acceptors (Lipinski definition) is 3. The third kappa shape index (κ3) is 4.57. The molecule has 2 fully saturated rings. The van der Waals surface area contributed by atoms with Crippen LogP contribution in [-0.2, 0) is 15.4 Å². The SMILES string of the molecule is CN1C2CCC(C2)CC1CC(CNS(=O)(=O)c1ccccc1)(c1ccccc1)c1ccccc1. The van der Waals surface area contributed by atoms with Crippen LogP contribution in [0, 0.1) is 5.92 Å². The summed E-state index contributed by atoms with van der Waals surface area (Å²) in [6, 6.07) is 30.7. The zero-order chi connectivity index (χ0) is 23.6. The van der Waals surface area contributed by atoms with E-state index >= 15 is 0 Å². The molecule has 2 aliphatic rings. The van der Waals surface area contributed by atoms with Gasteiger partial charge in [0.2, 0.25) is 10.0 Å². The van der Waals surface area contributed by atoms with E-state index in [0.29, 0.717) is 23.5 Å². The molecule has 1 N–H and O–H groups in total. The Morgan fingerprint density at radius 1 is 0.824 bits per heavy atom. The Balaban J connectivity index is 1.56. The molecule has 0 aromatic heterocycles. The highest BCUT2D eigenvalue weighted by molar-refractivity contribution is 7.89. The minimum Gasteiger partial charge on any atom is -0.300 e. The van der Waals surface area contributed by atoms with Crippen LogP contribution in [-0.4, -0.2) is 39.0 Å². The third-order valence-electron chi connectivity index (χ3n) is 8.13. The first kappa shape index (κ1) is 23.3. The second-order valence-corrected chi connectivity index (χ2v) is 11.8. The number of rotatable bonds is 8. The Bertz CT molecular complexity index is 1140. The summed E-state index contributed by atoms with van der Waals surface area (Å²) in [4.78, 5) is 2.88. The van der Waals surface area contributed by atoms with Crippen molar-refractivity contribution >= 4 is 10.0 Å². The molecule has 5 heteroatoms. The van der Waals surface area contributed by atoms with Crippen LogP contribution in [0.15, 0.2) is 95.9 Å². The molecule has 1 saturated heterocycles. The van der Waals surface area contributed by atoms with E-state index in [1.165, 1.54) is 25.7 Å². The van der Waals surface area contributed by atoms with Gasteiger partial charge in [-0.05, 0) is 68.3 Å². The summed E-state index contributed by atoms with van der Waals surface area (Å²) in [6.07, 6.45) is 5.96. The molecule has 1 saturated carbocycles. The maximum Gasteiger partial charge on any atom is 0.240 e. The highest BCUT2D eigenvalue weighted by atomic mass is 32.2. The van der Waals surface area contributed by atoms with Crippen molar-refractivity contribution in [1.82, 2.24) is 9.62 Å². The fraction of sp³-hybridized carbons (Fsp3) is 0.379. The summed E-state index contributed by atoms with van der Waals surface area (Å²) in [5, 5.41) is 0. The first-order chi connectivity index (χ1) is 16.5. The number of nitrogens with one attached hydrogen (secondary N) is 1. The van der Waals surface area contributed by atoms with Crippen molar-refractivity contribution in [3.63, 3.8) is 0 Å². The van der Waals surface area contributed by atoms with Crippen LogP contribution < -0.4 is 4.72 Å². The molecule has 0 amide bonds. The highest BCUT2D eigenvalue weighted by Gasteiger charge is 2.44. The van der Waals surface area contributed by atoms with E-state index in [1.807, 2.05) is 18.2 Å². The molecule has 4 nitrogen and oxygen atoms in total. The molecule has 1 heterocycles. The Morgan fingerprint density at radius 3 is 1.97 bits per heavy atom. The smallest absolute Gasteiger partial charge is 0.240 e. The zero-order valence-corrected chi connectivity index (χ0v) is 20.6. The normalized spacial score (nSPS) is 23.1. The largest absolute Gasteiger partial charge is 0.300 e. The van der Waals surface area contributed by atoms with Gasteiger partial charge in [0.15, 0.2) is 0 Å². The van der Waals surface area contributed by atoms with E-state index in [2.05, 4.69) is 65.2 Å². The average Bonchev–Trinajstić information content (AvgIpc) is 3.30. The van der Waals surface area contributed by atoms with Crippen LogP contribution in [0.2, 0.25) is 0 Å². The number of piperidine rings is 1. The second kappa shape index (κ2) is 9.65. The van der Waals surface area contributed by atoms with Crippen molar-refractivity contribution < 1.29 is 8.42 Å². The van der Waals surface area contributed by atoms with Gasteiger partial charge in [-0.25, -0.2) is 13.1 Å². The standard InChI is InChI=1S/C29H34N2O2S/c1-31-26-18-17-23(19-26)20-27(31)21-29(24-11-5-2-6-12-24,25-13-7-3-8-14-25)22-30-34(32,33)28-15-9-4-10-16-28/h2-16,23,26-27,30H,17-22H2,1H3. The molecule has 5 rings (SSSR count). The lowest BCUT2D eigenvalue weighted by Gasteiger charge is -2.45. The van der Waals surface area contributed by atoms with Gasteiger partial charge >= 0.3 is 0 Å². The quantitative estimate of drug-likeness (QED) is 0.487. The maximum atomic E-state index is 13.3. The Kier molecular flexibility index (Phi) is 6.61. The van der Waals surface area contributed by atoms with Gasteiger partial charge in [0.25, 0.3) is 0 Å². The molecular formula is C29H34N2O2S. The van der Waals surface area contributed by atoms with Crippen LogP contribution in [0.3, 0.4) is 0 Å². The number of likely N-dealkylation sites (tertiary alicyclic amines) is 1. The second-order valence-electron chi connectivity index (χ2n) is 10.0. The summed E-state index contributed by atoms with van der Waals surface area (Å²) in [7, 11) is -1.37. The molecule has 0 spiro atoms. The van der Waals surface area contributed by atoms with E-state index in [0.717, 1.165) is 23.5 Å². The van der Waals surface area contributed by atoms with Gasteiger partial charge in [-0.2, -0.15) is 0 Å². The van der Waals surface area contributed by atoms with Gasteiger partial charge in [0.05, 0.1) is 4.90 Å². The molecule has 3 aromatic rings. The first-order valence-electron chi connectivity index (χ1n) is 12.4. The van der Waals surface area contributed by atoms with Crippen LogP contribution in [0.1, 0.15) is 43.2 Å². The van der Waals surface area contributed by atoms with E-state index < -0.39 is 15.4 Å². The van der Waals surface area contributed by atoms with Crippen LogP contribution in [0.25, 0.3) is 0 Å². The van der Waals surface area contributed by atoms with Crippen molar-refractivity contribution in [3.8, 4) is 0 Å². The predicted octanol–water partition coefficient (Wildman–Crippen LogP) is 5.21. The zero-order valence-electron chi connectivity index (χ0n) is 19.8. The summed E-state index contributed by atoms with van der Waals surface area (Å²) < 4.78 is 29.6. The van der Waals surface area contributed by atoms with E-state index in [-0.39, 0.29) is 0 Å². The fourth-order valence-corrected chi connectivity index (χ4v) is 7.32. The van der Waals surface area contributed by atoms with Crippen molar-refractivity contribution in [3.05, 3.63) is 102 Å². The Labute approximate surface area is 204 Å². The number of benzene rings is 3. The van der Waals surface area contributed by atoms with Gasteiger partial charge in [-0.3, -0.25) is 0 Å². The van der Waals surface area contributed by atoms with Gasteiger partial charge in [0, 0.05) is 24.0 Å². The van der Waals surface area contributed by atoms with Gasteiger partial charge in [-0.1, -0.05) is 78.9 Å². The lowest BCUT2D eigenvalue weighted by molar-refractivity contribution is 0.0981. The topological polar surface area (TPSA) is 49.4 Å². The number of sulfonamides is 1. The molecule has 0 radical (unpaired) electrons. The third-order valence-corrected chi connectivity index (χ3v) is 9.54. The molecule has 3 atom stereocenters. The van der Waals surface area contributed by atoms with Crippen molar-refractivity contribution in [2.45, 2.75) is 54.5 Å². The highest BCUT2D eigenvalue weighted by Crippen LogP contribution is 2.45. The van der Waals surface area contributed by atoms with E-state index in [1.54, 1.807) is 24.3 Å². The lowest BCUT2D eigenvalue weighted by Crippen LogP contribution is -2.50. The number of nitrogens with zero attached hydrogens (tertiary/aromatic N) is 1. The monoisotopic (exact) mass is 474 g/mol. The van der Waals surface area contributed by atoms with Crippen LogP contribution in [0.5, 0.6) is 0 Å². The molecule has 1 aliphatic carbocycles. The van der Waals surface area contributed by atoms with E-state index in [4.69, 9.17) is 0 Å². The van der Waals surface area contributed by atoms with Gasteiger partial charge < -0.3 is 4.90 Å². The minimum absolute atomic E-state index is 0.304. The van der Waals surface area contributed by atoms with E-state index in [9.17, 15) is 8.42 Å². The predicted molar refractivity (Wildman–Crippen MR) is 137 cm³/mol. The van der Waals surface area contributed by atoms with Gasteiger partial charge in [-0.15, -0.1) is 0 Å². The number of fused-ring (bicyclic) bond motifs is 2. The Hall–Kier alpha value is -2.47. The summed E-state index contributed by atoms with van der Waals surface area (Å²) >= 11 is 0. The lowest BCUT2D eigenvalue weighted by atomic mass is 9.68. The van der Waals surface area contributed by atoms with Crippen molar-refractivity contribution in [2.75, 3.05) is 13.6 Å². The molecule has 34 heavy (non-hydrogen) atoms. The van der Waals surface area contributed by atoms with Crippen LogP contribution in [0.4, 0.5) is 0 Å². The molecule has 1 aliphatic heterocycles. The molecular weight excluding hydrogens is 440 g/mol. The molecule has 178 valence electrons. The minimum atomic E-state index is -3.64. The first-order valence-corrected chi connectivity index (χ1v) is 13.8. The number of hydrogen-bond donors (Lipinski definition) is 1. The van der Waals surface area contributed by atoms with Crippen molar-refractivity contribution in [1.29, 1.82) is 0 Å². The molecule has 2 bridgehead atoms. The van der Waals surface area contributed by atoms with Crippen molar-refractivity contribution in [2.24, 2.45) is 5.92 Å². The summed E-state index contributed by atoms with van der Waals surface area (Å²) in [5.74, 6) is 0.788. The summed E-state index contributed by atoms with van der Waals surface area (Å²) in [5.41, 5.74) is 1.84. The fourth-order valence-electron chi connectivity index (χ4n) is 6.21. The molecule has 3 unspecified atom stereocenters. The maximum absolute atomic E-state index is 13.3. The molecule has 3 aromatic carbocycles. The Morgan fingerprint density at radius 2 is 1.38 bits per heavy atom. The average molecular weight is 475 g/mol. The van der Waals surface area contributed by atoms with Gasteiger partial charge in [0.1, 0.15) is 0 Å². The van der Waals surface area contributed by atoms with Crippen LogP contribution >= 0.6 is 0 Å².